The molecule has 3 unspecified atom stereocenters. The zero-order valence-electron chi connectivity index (χ0n) is 21.6. The van der Waals surface area contributed by atoms with Gasteiger partial charge in [0.05, 0.1) is 39.1 Å². The Hall–Kier alpha value is -2.13. The number of halogens is 1. The van der Waals surface area contributed by atoms with Crippen molar-refractivity contribution in [2.75, 3.05) is 19.0 Å². The summed E-state index contributed by atoms with van der Waals surface area (Å²) in [5, 5.41) is 5.92. The number of benzene rings is 2. The van der Waals surface area contributed by atoms with Gasteiger partial charge in [-0.2, -0.15) is 0 Å². The topological polar surface area (TPSA) is 79.5 Å². The molecule has 3 N–H and O–H groups in total. The van der Waals surface area contributed by atoms with Crippen LogP contribution >= 0.6 is 0 Å². The van der Waals surface area contributed by atoms with Crippen molar-refractivity contribution in [2.24, 2.45) is 5.92 Å². The molecule has 8 heteroatoms. The van der Waals surface area contributed by atoms with Crippen molar-refractivity contribution in [3.8, 4) is 0 Å². The lowest BCUT2D eigenvalue weighted by molar-refractivity contribution is -0.118. The summed E-state index contributed by atoms with van der Waals surface area (Å²) in [4.78, 5) is 12.9. The molecule has 4 rings (SSSR count). The molecule has 0 aromatic heterocycles. The van der Waals surface area contributed by atoms with Gasteiger partial charge < -0.3 is 15.4 Å². The van der Waals surface area contributed by atoms with Gasteiger partial charge >= 0.3 is 0 Å². The maximum Gasteiger partial charge on any atom is 0.241 e. The molecule has 2 aromatic carbocycles. The van der Waals surface area contributed by atoms with Crippen LogP contribution in [0.25, 0.3) is 0 Å². The highest BCUT2D eigenvalue weighted by Gasteiger charge is 2.40. The van der Waals surface area contributed by atoms with Crippen molar-refractivity contribution >= 4 is 22.6 Å². The Bertz CT molecular complexity index is 1090. The zero-order valence-corrected chi connectivity index (χ0v) is 22.4. The van der Waals surface area contributed by atoms with Crippen LogP contribution < -0.4 is 15.4 Å². The molecule has 1 aliphatic heterocycles. The number of hydrogen-bond donors (Lipinski definition) is 3. The van der Waals surface area contributed by atoms with Crippen LogP contribution in [0.5, 0.6) is 0 Å². The van der Waals surface area contributed by atoms with Gasteiger partial charge in [-0.15, -0.1) is 0 Å². The lowest BCUT2D eigenvalue weighted by Crippen LogP contribution is -2.49. The van der Waals surface area contributed by atoms with Gasteiger partial charge in [0, 0.05) is 13.7 Å². The Morgan fingerprint density at radius 3 is 2.47 bits per heavy atom. The van der Waals surface area contributed by atoms with Crippen molar-refractivity contribution < 1.29 is 18.1 Å². The molecule has 1 heterocycles. The fourth-order valence-corrected chi connectivity index (χ4v) is 5.63. The Kier molecular flexibility index (Phi) is 8.29. The molecule has 2 aliphatic rings. The Labute approximate surface area is 216 Å². The molecule has 1 saturated carbocycles. The minimum Gasteiger partial charge on any atom is -0.380 e. The summed E-state index contributed by atoms with van der Waals surface area (Å²) in [5.74, 6) is -0.144. The predicted octanol–water partition coefficient (Wildman–Crippen LogP) is 4.63. The predicted molar refractivity (Wildman–Crippen MR) is 142 cm³/mol. The molecule has 4 atom stereocenters. The van der Waals surface area contributed by atoms with E-state index < -0.39 is 33.1 Å². The smallest absolute Gasteiger partial charge is 0.241 e. The fraction of sp³-hybridized carbons (Fsp3) is 0.536. The maximum absolute atomic E-state index is 15.0. The molecule has 1 saturated heterocycles. The summed E-state index contributed by atoms with van der Waals surface area (Å²) < 4.78 is 36.8. The molecule has 1 amide bonds. The van der Waals surface area contributed by atoms with Gasteiger partial charge in [0.25, 0.3) is 0 Å². The molecule has 0 radical (unpaired) electrons. The summed E-state index contributed by atoms with van der Waals surface area (Å²) >= 11 is 0. The van der Waals surface area contributed by atoms with E-state index in [0.29, 0.717) is 25.3 Å². The van der Waals surface area contributed by atoms with E-state index in [2.05, 4.69) is 15.4 Å². The summed E-state index contributed by atoms with van der Waals surface area (Å²) in [5.41, 5.74) is 1.06. The maximum atomic E-state index is 15.0. The van der Waals surface area contributed by atoms with Gasteiger partial charge in [-0.3, -0.25) is 4.79 Å². The first-order chi connectivity index (χ1) is 17.1. The molecular weight excluding hydrogens is 477 g/mol. The standard InChI is InChI=1S/C28H38FN3O3S/c1-27(2,3)36(34)32-28(15-14-19-10-11-19,20-8-6-5-7-9-20)21-12-13-23(29)24(16-21)31-26(33)25-17-22(35-4)18-30-25/h5-9,12-13,16,19,22,25,30,32H,10-11,14-15,17-18H2,1-4H3,(H,31,33)/t22?,25?,28?,36-/m1/s1. The van der Waals surface area contributed by atoms with Crippen LogP contribution in [0.1, 0.15) is 64.0 Å². The number of rotatable bonds is 10. The Morgan fingerprint density at radius 1 is 1.14 bits per heavy atom. The number of carbonyl (C=O) groups is 1. The zero-order chi connectivity index (χ0) is 25.9. The third kappa shape index (κ3) is 6.22. The summed E-state index contributed by atoms with van der Waals surface area (Å²) in [6.45, 7) is 6.39. The molecule has 0 spiro atoms. The van der Waals surface area contributed by atoms with Crippen LogP contribution in [0.15, 0.2) is 48.5 Å². The Balaban J connectivity index is 1.72. The van der Waals surface area contributed by atoms with Crippen molar-refractivity contribution in [3.05, 3.63) is 65.5 Å². The number of carbonyl (C=O) groups excluding carboxylic acids is 1. The highest BCUT2D eigenvalue weighted by Crippen LogP contribution is 2.42. The van der Waals surface area contributed by atoms with Gasteiger partial charge in [0.1, 0.15) is 5.82 Å². The lowest BCUT2D eigenvalue weighted by atomic mass is 9.79. The number of methoxy groups -OCH3 is 1. The number of amides is 1. The van der Waals surface area contributed by atoms with Crippen LogP contribution in [-0.2, 0) is 26.1 Å². The Morgan fingerprint density at radius 2 is 1.86 bits per heavy atom. The quantitative estimate of drug-likeness (QED) is 0.431. The summed E-state index contributed by atoms with van der Waals surface area (Å²) in [6, 6.07) is 14.3. The van der Waals surface area contributed by atoms with Crippen molar-refractivity contribution in [1.82, 2.24) is 10.0 Å². The van der Waals surface area contributed by atoms with Gasteiger partial charge in [-0.05, 0) is 69.2 Å². The average Bonchev–Trinajstić information content (AvgIpc) is 3.56. The monoisotopic (exact) mass is 515 g/mol. The second kappa shape index (κ2) is 11.1. The first-order valence-corrected chi connectivity index (χ1v) is 13.9. The van der Waals surface area contributed by atoms with E-state index in [0.717, 1.165) is 17.5 Å². The number of anilines is 1. The second-order valence-electron chi connectivity index (χ2n) is 11.0. The van der Waals surface area contributed by atoms with Crippen LogP contribution in [0.3, 0.4) is 0 Å². The second-order valence-corrected chi connectivity index (χ2v) is 12.9. The van der Waals surface area contributed by atoms with E-state index in [1.165, 1.54) is 18.9 Å². The van der Waals surface area contributed by atoms with Crippen molar-refractivity contribution in [2.45, 2.75) is 75.3 Å². The van der Waals surface area contributed by atoms with E-state index in [1.807, 2.05) is 51.1 Å². The summed E-state index contributed by atoms with van der Waals surface area (Å²) in [7, 11) is 0.233. The van der Waals surface area contributed by atoms with Crippen LogP contribution in [-0.4, -0.2) is 40.7 Å². The molecule has 2 aromatic rings. The van der Waals surface area contributed by atoms with Crippen molar-refractivity contribution in [1.29, 1.82) is 0 Å². The molecule has 2 fully saturated rings. The van der Waals surface area contributed by atoms with Crippen LogP contribution in [0, 0.1) is 11.7 Å². The molecule has 1 aliphatic carbocycles. The number of nitrogens with one attached hydrogen (secondary N) is 3. The highest BCUT2D eigenvalue weighted by atomic mass is 32.2. The minimum atomic E-state index is -1.39. The first-order valence-electron chi connectivity index (χ1n) is 12.7. The van der Waals surface area contributed by atoms with Gasteiger partial charge in [-0.1, -0.05) is 49.2 Å². The largest absolute Gasteiger partial charge is 0.380 e. The van der Waals surface area contributed by atoms with Crippen LogP contribution in [0.2, 0.25) is 0 Å². The molecule has 0 bridgehead atoms. The van der Waals surface area contributed by atoms with Gasteiger partial charge in [0.2, 0.25) is 5.91 Å². The van der Waals surface area contributed by atoms with E-state index in [4.69, 9.17) is 4.74 Å². The fourth-order valence-electron chi connectivity index (χ4n) is 4.67. The number of ether oxygens (including phenoxy) is 1. The highest BCUT2D eigenvalue weighted by molar-refractivity contribution is 7.84. The lowest BCUT2D eigenvalue weighted by Gasteiger charge is -2.38. The summed E-state index contributed by atoms with van der Waals surface area (Å²) in [6.07, 6.45) is 4.57. The third-order valence-corrected chi connectivity index (χ3v) is 8.82. The van der Waals surface area contributed by atoms with E-state index in [1.54, 1.807) is 19.2 Å². The molecule has 36 heavy (non-hydrogen) atoms. The molecule has 6 nitrogen and oxygen atoms in total. The van der Waals surface area contributed by atoms with E-state index in [9.17, 15) is 13.4 Å². The van der Waals surface area contributed by atoms with E-state index >= 15 is 0 Å². The molecule has 196 valence electrons. The SMILES string of the molecule is COC1CNC(C(=O)Nc2cc(C(CCC3CC3)(N[S@](=O)C(C)(C)C)c3ccccc3)ccc2F)C1. The molecular formula is C28H38FN3O3S. The number of hydrogen-bond acceptors (Lipinski definition) is 4. The van der Waals surface area contributed by atoms with Crippen molar-refractivity contribution in [3.63, 3.8) is 0 Å². The van der Waals surface area contributed by atoms with E-state index in [-0.39, 0.29) is 17.7 Å². The third-order valence-electron chi connectivity index (χ3n) is 7.17. The normalized spacial score (nSPS) is 22.7. The van der Waals surface area contributed by atoms with Gasteiger partial charge in [-0.25, -0.2) is 13.3 Å². The van der Waals surface area contributed by atoms with Gasteiger partial charge in [0.15, 0.2) is 0 Å². The average molecular weight is 516 g/mol. The minimum absolute atomic E-state index is 0.0401. The van der Waals surface area contributed by atoms with Crippen LogP contribution in [0.4, 0.5) is 10.1 Å². The first kappa shape index (κ1) is 26.9.